The van der Waals surface area contributed by atoms with E-state index in [0.29, 0.717) is 0 Å². The Labute approximate surface area is 154 Å². The van der Waals surface area contributed by atoms with Gasteiger partial charge in [0.1, 0.15) is 7.05 Å². The maximum Gasteiger partial charge on any atom is 0.212 e. The molecule has 0 unspecified atom stereocenters. The van der Waals surface area contributed by atoms with Crippen LogP contribution < -0.4 is 4.57 Å². The van der Waals surface area contributed by atoms with Crippen LogP contribution >= 0.6 is 0 Å². The molecule has 0 amide bonds. The van der Waals surface area contributed by atoms with Gasteiger partial charge in [0.2, 0.25) is 5.69 Å². The molecule has 0 saturated heterocycles. The molecule has 3 aromatic rings. The predicted molar refractivity (Wildman–Crippen MR) is 107 cm³/mol. The number of aromatic nitrogens is 1. The molecule has 3 rings (SSSR count). The molecule has 1 heterocycles. The van der Waals surface area contributed by atoms with Crippen LogP contribution in [0, 0.1) is 19.8 Å². The molecule has 128 valence electrons. The average Bonchev–Trinajstić information content (AvgIpc) is 2.64. The van der Waals surface area contributed by atoms with Gasteiger partial charge in [0.25, 0.3) is 0 Å². The lowest BCUT2D eigenvalue weighted by molar-refractivity contribution is -0.660. The fourth-order valence-electron chi connectivity index (χ4n) is 3.19. The highest BCUT2D eigenvalue weighted by Gasteiger charge is 2.17. The first kappa shape index (κ1) is 14.9. The molecule has 2 aromatic carbocycles. The van der Waals surface area contributed by atoms with Gasteiger partial charge in [-0.2, -0.15) is 0 Å². The molecule has 0 N–H and O–H groups in total. The summed E-state index contributed by atoms with van der Waals surface area (Å²) in [5.74, 6) is -0.0785. The van der Waals surface area contributed by atoms with Gasteiger partial charge in [-0.1, -0.05) is 56.3 Å². The van der Waals surface area contributed by atoms with E-state index in [-0.39, 0.29) is 5.92 Å². The third kappa shape index (κ3) is 3.82. The van der Waals surface area contributed by atoms with Crippen molar-refractivity contribution in [2.24, 2.45) is 13.0 Å². The first-order chi connectivity index (χ1) is 12.7. The van der Waals surface area contributed by atoms with Gasteiger partial charge in [0.15, 0.2) is 6.20 Å². The average molecular weight is 333 g/mol. The molecule has 1 heteroatoms. The topological polar surface area (TPSA) is 3.88 Å². The van der Waals surface area contributed by atoms with E-state index >= 15 is 0 Å². The minimum Gasteiger partial charge on any atom is -0.201 e. The Bertz CT molecular complexity index is 960. The van der Waals surface area contributed by atoms with Crippen LogP contribution in [0.15, 0.2) is 60.8 Å². The summed E-state index contributed by atoms with van der Waals surface area (Å²) in [6.45, 7) is 8.00. The molecular weight excluding hydrogens is 302 g/mol. The molecule has 0 aliphatic carbocycles. The maximum atomic E-state index is 8.48. The van der Waals surface area contributed by atoms with Crippen LogP contribution in [0.3, 0.4) is 0 Å². The molecular formula is C24H28N+. The van der Waals surface area contributed by atoms with Gasteiger partial charge in [0, 0.05) is 19.9 Å². The number of benzene rings is 2. The van der Waals surface area contributed by atoms with Gasteiger partial charge in [-0.25, -0.2) is 4.57 Å². The van der Waals surface area contributed by atoms with E-state index in [9.17, 15) is 0 Å². The summed E-state index contributed by atoms with van der Waals surface area (Å²) < 4.78 is 19.0. The largest absolute Gasteiger partial charge is 0.212 e. The Morgan fingerprint density at radius 1 is 0.920 bits per heavy atom. The standard InChI is InChI=1S/C24H28N/c1-17(2)13-22-16-25(5)24(14-19(22)4)23-15-21(12-11-18(23)3)20-9-7-6-8-10-20/h6-12,14-17H,13H2,1-5H3/q+1/i13D2. The quantitative estimate of drug-likeness (QED) is 0.543. The lowest BCUT2D eigenvalue weighted by atomic mass is 9.95. The third-order valence-electron chi connectivity index (χ3n) is 4.55. The Morgan fingerprint density at radius 3 is 2.32 bits per heavy atom. The first-order valence-electron chi connectivity index (χ1n) is 9.89. The number of hydrogen-bond acceptors (Lipinski definition) is 0. The molecule has 0 fully saturated rings. The molecule has 1 nitrogen and oxygen atoms in total. The predicted octanol–water partition coefficient (Wildman–Crippen LogP) is 5.66. The van der Waals surface area contributed by atoms with E-state index in [1.54, 1.807) is 0 Å². The van der Waals surface area contributed by atoms with Gasteiger partial charge >= 0.3 is 0 Å². The van der Waals surface area contributed by atoms with Crippen LogP contribution in [0.2, 0.25) is 0 Å². The zero-order valence-electron chi connectivity index (χ0n) is 17.8. The van der Waals surface area contributed by atoms with Crippen LogP contribution in [0.1, 0.15) is 33.3 Å². The Hall–Kier alpha value is -2.41. The Morgan fingerprint density at radius 2 is 1.64 bits per heavy atom. The molecule has 0 saturated carbocycles. The van der Waals surface area contributed by atoms with E-state index in [2.05, 4.69) is 60.0 Å². The second-order valence-electron chi connectivity index (χ2n) is 7.06. The Kier molecular flexibility index (Phi) is 4.30. The summed E-state index contributed by atoms with van der Waals surface area (Å²) in [7, 11) is 2.00. The van der Waals surface area contributed by atoms with Crippen molar-refractivity contribution in [3.8, 4) is 22.4 Å². The van der Waals surface area contributed by atoms with Gasteiger partial charge in [-0.3, -0.25) is 0 Å². The first-order valence-corrected chi connectivity index (χ1v) is 8.89. The van der Waals surface area contributed by atoms with Gasteiger partial charge < -0.3 is 0 Å². The highest BCUT2D eigenvalue weighted by atomic mass is 14.9. The van der Waals surface area contributed by atoms with E-state index < -0.39 is 6.37 Å². The summed E-state index contributed by atoms with van der Waals surface area (Å²) in [6, 6.07) is 19.1. The highest BCUT2D eigenvalue weighted by Crippen LogP contribution is 2.28. The van der Waals surface area contributed by atoms with Crippen LogP contribution in [0.25, 0.3) is 22.4 Å². The van der Waals surface area contributed by atoms with Crippen LogP contribution in [0.5, 0.6) is 0 Å². The molecule has 0 radical (unpaired) electrons. The van der Waals surface area contributed by atoms with Crippen LogP contribution in [0.4, 0.5) is 0 Å². The van der Waals surface area contributed by atoms with Gasteiger partial charge in [-0.05, 0) is 54.5 Å². The van der Waals surface area contributed by atoms with Crippen molar-refractivity contribution in [2.75, 3.05) is 0 Å². The number of rotatable bonds is 4. The fraction of sp³-hybridized carbons (Fsp3) is 0.292. The summed E-state index contributed by atoms with van der Waals surface area (Å²) in [4.78, 5) is 0. The molecule has 1 aromatic heterocycles. The molecule has 0 spiro atoms. The number of hydrogen-bond donors (Lipinski definition) is 0. The van der Waals surface area contributed by atoms with Crippen LogP contribution in [-0.4, -0.2) is 0 Å². The van der Waals surface area contributed by atoms with Crippen molar-refractivity contribution in [3.63, 3.8) is 0 Å². The number of nitrogens with zero attached hydrogens (tertiary/aromatic N) is 1. The van der Waals surface area contributed by atoms with E-state index in [1.165, 1.54) is 22.3 Å². The maximum absolute atomic E-state index is 8.48. The SMILES string of the molecule is [2H]C([2H])(c1c[n+](C)c(-c2cc(-c3ccccc3)ccc2C)cc1C)C(C)C. The summed E-state index contributed by atoms with van der Waals surface area (Å²) in [5.41, 5.74) is 7.64. The van der Waals surface area contributed by atoms with Gasteiger partial charge in [0.05, 0.1) is 0 Å². The van der Waals surface area contributed by atoms with Crippen LogP contribution in [-0.2, 0) is 13.4 Å². The normalized spacial score (nSPS) is 12.9. The summed E-state index contributed by atoms with van der Waals surface area (Å²) in [5, 5.41) is 0. The van der Waals surface area contributed by atoms with Crippen molar-refractivity contribution in [2.45, 2.75) is 34.1 Å². The van der Waals surface area contributed by atoms with Crippen molar-refractivity contribution in [1.29, 1.82) is 0 Å². The van der Waals surface area contributed by atoms with E-state index in [4.69, 9.17) is 2.74 Å². The van der Waals surface area contributed by atoms with E-state index in [0.717, 1.165) is 16.8 Å². The monoisotopic (exact) mass is 332 g/mol. The van der Waals surface area contributed by atoms with Crippen molar-refractivity contribution >= 4 is 0 Å². The summed E-state index contributed by atoms with van der Waals surface area (Å²) in [6.07, 6.45) is 0.612. The minimum absolute atomic E-state index is 0.0785. The van der Waals surface area contributed by atoms with Gasteiger partial charge in [-0.15, -0.1) is 0 Å². The van der Waals surface area contributed by atoms with Crippen molar-refractivity contribution in [3.05, 3.63) is 77.5 Å². The molecule has 0 aliphatic rings. The summed E-state index contributed by atoms with van der Waals surface area (Å²) >= 11 is 0. The van der Waals surface area contributed by atoms with Crippen molar-refractivity contribution < 1.29 is 7.31 Å². The lowest BCUT2D eigenvalue weighted by Crippen LogP contribution is -2.32. The second-order valence-corrected chi connectivity index (χ2v) is 7.06. The lowest BCUT2D eigenvalue weighted by Gasteiger charge is -2.12. The second kappa shape index (κ2) is 7.23. The molecule has 25 heavy (non-hydrogen) atoms. The van der Waals surface area contributed by atoms with Crippen molar-refractivity contribution in [1.82, 2.24) is 0 Å². The minimum atomic E-state index is -1.35. The molecule has 0 aliphatic heterocycles. The highest BCUT2D eigenvalue weighted by molar-refractivity contribution is 5.73. The number of pyridine rings is 1. The zero-order chi connectivity index (χ0) is 19.8. The van der Waals surface area contributed by atoms with E-state index in [1.807, 2.05) is 40.1 Å². The smallest absolute Gasteiger partial charge is 0.201 e. The zero-order valence-corrected chi connectivity index (χ0v) is 15.8. The fourth-order valence-corrected chi connectivity index (χ4v) is 3.19. The molecule has 0 atom stereocenters. The third-order valence-corrected chi connectivity index (χ3v) is 4.55. The number of aryl methyl sites for hydroxylation is 3. The molecule has 0 bridgehead atoms. The Balaban J connectivity index is 2.14.